The maximum atomic E-state index is 11.5. The fraction of sp³-hybridized carbons (Fsp3) is 0.333. The summed E-state index contributed by atoms with van der Waals surface area (Å²) in [4.78, 5) is 27.3. The Hall–Kier alpha value is -2.50. The van der Waals surface area contributed by atoms with Crippen molar-refractivity contribution in [1.29, 1.82) is 0 Å². The average molecular weight is 288 g/mol. The Balaban J connectivity index is 2.25. The number of H-pyrrole nitrogens is 1. The first-order valence-electron chi connectivity index (χ1n) is 6.80. The molecule has 2 N–H and O–H groups in total. The number of carbonyl (C=O) groups is 2. The van der Waals surface area contributed by atoms with Gasteiger partial charge in [-0.15, -0.1) is 0 Å². The van der Waals surface area contributed by atoms with Crippen LogP contribution in [-0.2, 0) is 11.2 Å². The van der Waals surface area contributed by atoms with E-state index in [0.29, 0.717) is 18.7 Å². The first-order chi connectivity index (χ1) is 9.99. The van der Waals surface area contributed by atoms with Crippen LogP contribution in [0.3, 0.4) is 0 Å². The second-order valence-electron chi connectivity index (χ2n) is 5.21. The molecule has 0 saturated heterocycles. The Morgan fingerprint density at radius 1 is 1.43 bits per heavy atom. The van der Waals surface area contributed by atoms with Crippen LogP contribution in [-0.4, -0.2) is 33.6 Å². The summed E-state index contributed by atoms with van der Waals surface area (Å²) in [5.74, 6) is 0.0116. The average Bonchev–Trinajstić information content (AvgIpc) is 2.74. The Kier molecular flexibility index (Phi) is 3.08. The van der Waals surface area contributed by atoms with Gasteiger partial charge in [0.1, 0.15) is 5.75 Å². The second kappa shape index (κ2) is 4.80. The number of esters is 1. The number of aromatic nitrogens is 1. The zero-order valence-corrected chi connectivity index (χ0v) is 11.8. The minimum Gasteiger partial charge on any atom is -0.465 e. The van der Waals surface area contributed by atoms with Crippen LogP contribution in [0.2, 0.25) is 0 Å². The lowest BCUT2D eigenvalue weighted by Gasteiger charge is -2.26. The van der Waals surface area contributed by atoms with Crippen molar-refractivity contribution in [2.75, 3.05) is 6.54 Å². The van der Waals surface area contributed by atoms with Crippen LogP contribution in [0.1, 0.15) is 31.0 Å². The van der Waals surface area contributed by atoms with Gasteiger partial charge in [-0.3, -0.25) is 4.79 Å². The van der Waals surface area contributed by atoms with Gasteiger partial charge in [0.15, 0.2) is 0 Å². The molecule has 1 aliphatic rings. The third-order valence-corrected chi connectivity index (χ3v) is 3.94. The van der Waals surface area contributed by atoms with Gasteiger partial charge in [0.25, 0.3) is 0 Å². The van der Waals surface area contributed by atoms with Gasteiger partial charge in [-0.25, -0.2) is 4.79 Å². The normalized spacial score (nSPS) is 17.6. The minimum atomic E-state index is -0.970. The van der Waals surface area contributed by atoms with E-state index in [2.05, 4.69) is 4.98 Å². The van der Waals surface area contributed by atoms with E-state index in [0.717, 1.165) is 22.0 Å². The molecule has 1 unspecified atom stereocenters. The molecule has 1 aromatic heterocycles. The maximum Gasteiger partial charge on any atom is 0.407 e. The molecule has 2 heterocycles. The number of nitrogens with one attached hydrogen (secondary N) is 1. The number of rotatable bonds is 1. The zero-order chi connectivity index (χ0) is 15.1. The smallest absolute Gasteiger partial charge is 0.407 e. The number of nitrogens with zero attached hydrogens (tertiary/aromatic N) is 1. The van der Waals surface area contributed by atoms with E-state index in [1.54, 1.807) is 6.07 Å². The third-order valence-electron chi connectivity index (χ3n) is 3.94. The molecular formula is C15H16N2O4. The Morgan fingerprint density at radius 2 is 2.19 bits per heavy atom. The predicted molar refractivity (Wildman–Crippen MR) is 76.5 cm³/mol. The lowest BCUT2D eigenvalue weighted by Crippen LogP contribution is -2.33. The molecule has 6 heteroatoms. The number of carbonyl (C=O) groups excluding carboxylic acids is 1. The molecule has 1 aliphatic heterocycles. The van der Waals surface area contributed by atoms with Crippen LogP contribution in [0, 0.1) is 0 Å². The molecule has 1 amide bonds. The third kappa shape index (κ3) is 2.12. The van der Waals surface area contributed by atoms with Gasteiger partial charge in [-0.1, -0.05) is 0 Å². The highest BCUT2D eigenvalue weighted by Gasteiger charge is 2.30. The Labute approximate surface area is 121 Å². The molecule has 0 fully saturated rings. The van der Waals surface area contributed by atoms with Crippen LogP contribution in [0.5, 0.6) is 5.75 Å². The zero-order valence-electron chi connectivity index (χ0n) is 11.8. The van der Waals surface area contributed by atoms with Crippen molar-refractivity contribution in [2.24, 2.45) is 0 Å². The van der Waals surface area contributed by atoms with Crippen molar-refractivity contribution in [3.63, 3.8) is 0 Å². The van der Waals surface area contributed by atoms with Gasteiger partial charge >= 0.3 is 12.1 Å². The van der Waals surface area contributed by atoms with E-state index in [4.69, 9.17) is 4.74 Å². The van der Waals surface area contributed by atoms with E-state index >= 15 is 0 Å². The maximum absolute atomic E-state index is 11.5. The molecule has 0 spiro atoms. The summed E-state index contributed by atoms with van der Waals surface area (Å²) in [6.45, 7) is 3.57. The fourth-order valence-corrected chi connectivity index (χ4v) is 3.01. The molecule has 0 bridgehead atoms. The Morgan fingerprint density at radius 3 is 2.86 bits per heavy atom. The highest BCUT2D eigenvalue weighted by atomic mass is 16.5. The molecule has 0 saturated carbocycles. The summed E-state index contributed by atoms with van der Waals surface area (Å²) >= 11 is 0. The summed E-state index contributed by atoms with van der Waals surface area (Å²) in [6, 6.07) is 3.18. The summed E-state index contributed by atoms with van der Waals surface area (Å²) in [6.07, 6.45) is 1.55. The summed E-state index contributed by atoms with van der Waals surface area (Å²) in [5.41, 5.74) is 2.72. The number of benzene rings is 1. The number of hydrogen-bond donors (Lipinski definition) is 2. The van der Waals surface area contributed by atoms with Gasteiger partial charge in [-0.2, -0.15) is 0 Å². The van der Waals surface area contributed by atoms with Crippen molar-refractivity contribution in [1.82, 2.24) is 9.88 Å². The topological polar surface area (TPSA) is 82.6 Å². The van der Waals surface area contributed by atoms with Crippen LogP contribution in [0.15, 0.2) is 18.3 Å². The van der Waals surface area contributed by atoms with E-state index in [-0.39, 0.29) is 6.04 Å². The summed E-state index contributed by atoms with van der Waals surface area (Å²) < 4.78 is 5.28. The molecule has 0 radical (unpaired) electrons. The van der Waals surface area contributed by atoms with Crippen LogP contribution < -0.4 is 4.74 Å². The van der Waals surface area contributed by atoms with E-state index in [1.807, 2.05) is 19.2 Å². The highest BCUT2D eigenvalue weighted by Crippen LogP contribution is 2.40. The molecule has 6 nitrogen and oxygen atoms in total. The van der Waals surface area contributed by atoms with Crippen molar-refractivity contribution in [3.05, 3.63) is 29.5 Å². The first-order valence-corrected chi connectivity index (χ1v) is 6.80. The second-order valence-corrected chi connectivity index (χ2v) is 5.21. The molecule has 110 valence electrons. The Bertz CT molecular complexity index is 735. The van der Waals surface area contributed by atoms with Gasteiger partial charge < -0.3 is 19.7 Å². The molecule has 3 rings (SSSR count). The monoisotopic (exact) mass is 288 g/mol. The quantitative estimate of drug-likeness (QED) is 0.624. The van der Waals surface area contributed by atoms with Gasteiger partial charge in [0.05, 0.1) is 6.04 Å². The SMILES string of the molecule is CC(=O)Oc1ccc2[nH]cc3c2c1C(C)N(C(=O)O)CC3. The van der Waals surface area contributed by atoms with Crippen LogP contribution >= 0.6 is 0 Å². The number of carboxylic acid groups (broad SMARTS) is 1. The highest BCUT2D eigenvalue weighted by molar-refractivity contribution is 5.91. The van der Waals surface area contributed by atoms with Crippen molar-refractivity contribution in [2.45, 2.75) is 26.3 Å². The number of ether oxygens (including phenoxy) is 1. The summed E-state index contributed by atoms with van der Waals surface area (Å²) in [7, 11) is 0. The number of hydrogen-bond acceptors (Lipinski definition) is 3. The molecule has 0 aliphatic carbocycles. The van der Waals surface area contributed by atoms with Gasteiger partial charge in [-0.05, 0) is 31.0 Å². The van der Waals surface area contributed by atoms with Gasteiger partial charge in [0.2, 0.25) is 0 Å². The number of aromatic amines is 1. The molecule has 21 heavy (non-hydrogen) atoms. The van der Waals surface area contributed by atoms with Crippen LogP contribution in [0.25, 0.3) is 10.9 Å². The molecule has 2 aromatic rings. The molecule has 1 atom stereocenters. The van der Waals surface area contributed by atoms with Crippen molar-refractivity contribution >= 4 is 23.0 Å². The van der Waals surface area contributed by atoms with Gasteiger partial charge in [0, 0.05) is 36.1 Å². The van der Waals surface area contributed by atoms with Crippen molar-refractivity contribution < 1.29 is 19.4 Å². The predicted octanol–water partition coefficient (Wildman–Crippen LogP) is 2.69. The fourth-order valence-electron chi connectivity index (χ4n) is 3.01. The largest absolute Gasteiger partial charge is 0.465 e. The number of amides is 1. The van der Waals surface area contributed by atoms with E-state index in [1.165, 1.54) is 11.8 Å². The first kappa shape index (κ1) is 13.5. The molecular weight excluding hydrogens is 272 g/mol. The van der Waals surface area contributed by atoms with Crippen molar-refractivity contribution in [3.8, 4) is 5.75 Å². The summed E-state index contributed by atoms with van der Waals surface area (Å²) in [5, 5.41) is 10.4. The lowest BCUT2D eigenvalue weighted by molar-refractivity contribution is -0.131. The minimum absolute atomic E-state index is 0.377. The van der Waals surface area contributed by atoms with Crippen LogP contribution in [0.4, 0.5) is 4.79 Å². The van der Waals surface area contributed by atoms with E-state index < -0.39 is 12.1 Å². The lowest BCUT2D eigenvalue weighted by atomic mass is 10.00. The van der Waals surface area contributed by atoms with E-state index in [9.17, 15) is 14.7 Å². The molecule has 1 aromatic carbocycles. The standard InChI is InChI=1S/C15H16N2O4/c1-8-13-12(21-9(2)18)4-3-11-14(13)10(7-16-11)5-6-17(8)15(19)20/h3-4,7-8,16H,5-6H2,1-2H3,(H,19,20).